The molecule has 2 aromatic rings. The molecule has 0 amide bonds. The van der Waals surface area contributed by atoms with E-state index in [1.54, 1.807) is 10.6 Å². The Kier molecular flexibility index (Phi) is 2.29. The number of aromatic carboxylic acids is 1. The van der Waals surface area contributed by atoms with Crippen LogP contribution in [0.5, 0.6) is 0 Å². The monoisotopic (exact) mass is 272 g/mol. The fraction of sp³-hybridized carbons (Fsp3) is 0.385. The molecule has 1 saturated carbocycles. The highest BCUT2D eigenvalue weighted by molar-refractivity contribution is 5.85. The average molecular weight is 272 g/mol. The summed E-state index contributed by atoms with van der Waals surface area (Å²) in [4.78, 5) is 19.4. The lowest BCUT2D eigenvalue weighted by atomic mass is 10.1. The largest absolute Gasteiger partial charge is 0.476 e. The van der Waals surface area contributed by atoms with E-state index in [2.05, 4.69) is 15.1 Å². The summed E-state index contributed by atoms with van der Waals surface area (Å²) in [5.74, 6) is 1.42. The van der Waals surface area contributed by atoms with E-state index in [1.165, 1.54) is 6.20 Å². The number of allylic oxidation sites excluding steroid dienone is 1. The third kappa shape index (κ3) is 1.82. The van der Waals surface area contributed by atoms with E-state index in [-0.39, 0.29) is 11.6 Å². The van der Waals surface area contributed by atoms with Gasteiger partial charge >= 0.3 is 5.97 Å². The maximum atomic E-state index is 10.9. The SMILES string of the molecule is O=C(O)c1cn2c(n1)C=CC(c1noc(C3CC3)n1)C2. The van der Waals surface area contributed by atoms with E-state index in [0.717, 1.165) is 18.7 Å². The molecule has 0 spiro atoms. The molecular weight excluding hydrogens is 260 g/mol. The van der Waals surface area contributed by atoms with Crippen LogP contribution in [0.15, 0.2) is 16.8 Å². The molecule has 0 radical (unpaired) electrons. The zero-order valence-electron chi connectivity index (χ0n) is 10.6. The molecule has 1 unspecified atom stereocenters. The summed E-state index contributed by atoms with van der Waals surface area (Å²) in [6, 6.07) is 0. The van der Waals surface area contributed by atoms with Gasteiger partial charge in [-0.3, -0.25) is 0 Å². The highest BCUT2D eigenvalue weighted by Gasteiger charge is 2.31. The molecular formula is C13H12N4O3. The maximum Gasteiger partial charge on any atom is 0.356 e. The first kappa shape index (κ1) is 11.4. The van der Waals surface area contributed by atoms with Crippen LogP contribution in [0.4, 0.5) is 0 Å². The van der Waals surface area contributed by atoms with E-state index in [4.69, 9.17) is 9.63 Å². The Hall–Kier alpha value is -2.44. The van der Waals surface area contributed by atoms with Crippen molar-refractivity contribution in [1.29, 1.82) is 0 Å². The number of nitrogens with zero attached hydrogens (tertiary/aromatic N) is 4. The zero-order chi connectivity index (χ0) is 13.7. The molecule has 0 saturated heterocycles. The average Bonchev–Trinajstić information content (AvgIpc) is 3.03. The smallest absolute Gasteiger partial charge is 0.356 e. The van der Waals surface area contributed by atoms with Crippen LogP contribution in [0.2, 0.25) is 0 Å². The number of fused-ring (bicyclic) bond motifs is 1. The number of imidazole rings is 1. The second-order valence-corrected chi connectivity index (χ2v) is 5.17. The standard InChI is InChI=1S/C13H12N4O3/c18-13(19)9-6-17-5-8(3-4-10(17)14-9)11-15-12(20-16-11)7-1-2-7/h3-4,6-8H,1-2,5H2,(H,18,19). The number of carboxylic acid groups (broad SMARTS) is 1. The molecule has 1 fully saturated rings. The summed E-state index contributed by atoms with van der Waals surface area (Å²) < 4.78 is 7.07. The highest BCUT2D eigenvalue weighted by Crippen LogP contribution is 2.39. The minimum atomic E-state index is -1.02. The van der Waals surface area contributed by atoms with Gasteiger partial charge in [-0.15, -0.1) is 0 Å². The summed E-state index contributed by atoms with van der Waals surface area (Å²) in [5.41, 5.74) is 0.0529. The van der Waals surface area contributed by atoms with Gasteiger partial charge in [-0.05, 0) is 18.9 Å². The molecule has 1 atom stereocenters. The van der Waals surface area contributed by atoms with Gasteiger partial charge in [-0.25, -0.2) is 9.78 Å². The third-order valence-corrected chi connectivity index (χ3v) is 3.61. The second kappa shape index (κ2) is 4.03. The first-order chi connectivity index (χ1) is 9.70. The predicted molar refractivity (Wildman–Crippen MR) is 67.2 cm³/mol. The van der Waals surface area contributed by atoms with Crippen LogP contribution in [0.25, 0.3) is 6.08 Å². The van der Waals surface area contributed by atoms with Crippen molar-refractivity contribution in [3.8, 4) is 0 Å². The second-order valence-electron chi connectivity index (χ2n) is 5.17. The number of rotatable bonds is 3. The van der Waals surface area contributed by atoms with Crippen molar-refractivity contribution in [1.82, 2.24) is 19.7 Å². The lowest BCUT2D eigenvalue weighted by molar-refractivity contribution is 0.0691. The van der Waals surface area contributed by atoms with Crippen LogP contribution in [-0.2, 0) is 6.54 Å². The molecule has 2 aliphatic rings. The molecule has 2 aromatic heterocycles. The molecule has 20 heavy (non-hydrogen) atoms. The van der Waals surface area contributed by atoms with E-state index >= 15 is 0 Å². The van der Waals surface area contributed by atoms with Gasteiger partial charge in [0.1, 0.15) is 5.82 Å². The number of aromatic nitrogens is 4. The Balaban J connectivity index is 1.60. The molecule has 4 rings (SSSR count). The molecule has 0 bridgehead atoms. The first-order valence-electron chi connectivity index (χ1n) is 6.53. The van der Waals surface area contributed by atoms with Crippen molar-refractivity contribution in [2.24, 2.45) is 0 Å². The molecule has 7 heteroatoms. The Morgan fingerprint density at radius 3 is 3.00 bits per heavy atom. The number of hydrogen-bond donors (Lipinski definition) is 1. The predicted octanol–water partition coefficient (Wildman–Crippen LogP) is 1.65. The van der Waals surface area contributed by atoms with Gasteiger partial charge in [-0.2, -0.15) is 4.98 Å². The van der Waals surface area contributed by atoms with E-state index < -0.39 is 5.97 Å². The maximum absolute atomic E-state index is 10.9. The van der Waals surface area contributed by atoms with Crippen molar-refractivity contribution in [2.45, 2.75) is 31.2 Å². The lowest BCUT2D eigenvalue weighted by Gasteiger charge is -2.15. The van der Waals surface area contributed by atoms with E-state index in [1.807, 2.05) is 6.08 Å². The molecule has 0 aromatic carbocycles. The number of carboxylic acids is 1. The summed E-state index contributed by atoms with van der Waals surface area (Å²) in [6.45, 7) is 0.579. The summed E-state index contributed by atoms with van der Waals surface area (Å²) >= 11 is 0. The fourth-order valence-electron chi connectivity index (χ4n) is 2.35. The van der Waals surface area contributed by atoms with Crippen molar-refractivity contribution in [3.63, 3.8) is 0 Å². The van der Waals surface area contributed by atoms with Crippen molar-refractivity contribution >= 4 is 12.0 Å². The zero-order valence-corrected chi connectivity index (χ0v) is 10.6. The van der Waals surface area contributed by atoms with Crippen molar-refractivity contribution in [3.05, 3.63) is 35.5 Å². The summed E-state index contributed by atoms with van der Waals surface area (Å²) in [6.07, 6.45) is 7.52. The van der Waals surface area contributed by atoms with Gasteiger partial charge in [0.15, 0.2) is 11.5 Å². The Labute approximate surface area is 113 Å². The minimum Gasteiger partial charge on any atom is -0.476 e. The van der Waals surface area contributed by atoms with Crippen LogP contribution in [0, 0.1) is 0 Å². The van der Waals surface area contributed by atoms with Crippen molar-refractivity contribution in [2.75, 3.05) is 0 Å². The Morgan fingerprint density at radius 1 is 1.40 bits per heavy atom. The number of hydrogen-bond acceptors (Lipinski definition) is 5. The third-order valence-electron chi connectivity index (χ3n) is 3.61. The summed E-state index contributed by atoms with van der Waals surface area (Å²) in [7, 11) is 0. The van der Waals surface area contributed by atoms with Crippen LogP contribution in [-0.4, -0.2) is 30.8 Å². The fourth-order valence-corrected chi connectivity index (χ4v) is 2.35. The van der Waals surface area contributed by atoms with Gasteiger partial charge in [0.25, 0.3) is 0 Å². The lowest BCUT2D eigenvalue weighted by Crippen LogP contribution is -2.13. The van der Waals surface area contributed by atoms with Gasteiger partial charge < -0.3 is 14.2 Å². The molecule has 7 nitrogen and oxygen atoms in total. The molecule has 3 heterocycles. The van der Waals surface area contributed by atoms with Gasteiger partial charge in [0.05, 0.1) is 5.92 Å². The highest BCUT2D eigenvalue weighted by atomic mass is 16.5. The molecule has 1 aliphatic carbocycles. The molecule has 1 N–H and O–H groups in total. The normalized spacial score (nSPS) is 20.9. The van der Waals surface area contributed by atoms with Gasteiger partial charge in [0.2, 0.25) is 5.89 Å². The Morgan fingerprint density at radius 2 is 2.25 bits per heavy atom. The minimum absolute atomic E-state index is 0.00500. The molecule has 1 aliphatic heterocycles. The van der Waals surface area contributed by atoms with Crippen LogP contribution in [0.1, 0.15) is 52.7 Å². The molecule has 102 valence electrons. The van der Waals surface area contributed by atoms with Gasteiger partial charge in [-0.1, -0.05) is 11.2 Å². The van der Waals surface area contributed by atoms with Crippen molar-refractivity contribution < 1.29 is 14.4 Å². The van der Waals surface area contributed by atoms with E-state index in [9.17, 15) is 4.79 Å². The number of carbonyl (C=O) groups is 1. The first-order valence-corrected chi connectivity index (χ1v) is 6.53. The van der Waals surface area contributed by atoms with E-state index in [0.29, 0.717) is 24.1 Å². The topological polar surface area (TPSA) is 94.0 Å². The van der Waals surface area contributed by atoms with Crippen LogP contribution >= 0.6 is 0 Å². The quantitative estimate of drug-likeness (QED) is 0.913. The summed E-state index contributed by atoms with van der Waals surface area (Å²) in [5, 5.41) is 13.0. The van der Waals surface area contributed by atoms with Gasteiger partial charge in [0, 0.05) is 18.7 Å². The van der Waals surface area contributed by atoms with Crippen LogP contribution < -0.4 is 0 Å². The Bertz CT molecular complexity index is 711. The van der Waals surface area contributed by atoms with Crippen LogP contribution in [0.3, 0.4) is 0 Å².